The number of halogens is 4. The molecule has 0 aliphatic carbocycles. The van der Waals surface area contributed by atoms with Crippen LogP contribution in [-0.4, -0.2) is 29.1 Å². The minimum Gasteiger partial charge on any atom is -0.294 e. The molecule has 4 heterocycles. The van der Waals surface area contributed by atoms with Gasteiger partial charge in [0.1, 0.15) is 0 Å². The molecule has 604 valence electrons. The van der Waals surface area contributed by atoms with Gasteiger partial charge < -0.3 is 0 Å². The van der Waals surface area contributed by atoms with E-state index >= 15 is 0 Å². The largest absolute Gasteiger partial charge is 0.394 e. The highest BCUT2D eigenvalue weighted by molar-refractivity contribution is 9.11. The Kier molecular flexibility index (Phi) is 55.0. The average molecular weight is 1820 g/mol. The van der Waals surface area contributed by atoms with E-state index in [1.807, 2.05) is 22.7 Å². The summed E-state index contributed by atoms with van der Waals surface area (Å²) in [6, 6.07) is 8.83. The van der Waals surface area contributed by atoms with E-state index in [9.17, 15) is 9.59 Å². The topological polar surface area (TPSA) is 109 Å². The van der Waals surface area contributed by atoms with Gasteiger partial charge in [-0.15, -0.1) is 45.3 Å². The van der Waals surface area contributed by atoms with Crippen LogP contribution < -0.4 is 0 Å². The maximum atomic E-state index is 14.3. The van der Waals surface area contributed by atoms with Crippen molar-refractivity contribution in [3.63, 3.8) is 0 Å². The molecule has 4 aromatic heterocycles. The number of carbonyl (C=O) groups is 2. The summed E-state index contributed by atoms with van der Waals surface area (Å²) in [5.41, 5.74) is 4.11. The second-order valence-corrected chi connectivity index (χ2v) is 41.8. The number of unbranched alkanes of at least 4 members (excludes halogenated alkanes) is 32. The predicted molar refractivity (Wildman–Crippen MR) is 490 cm³/mol. The number of Topliss-reactive ketones (excluding diaryl/α,β-unsaturated/α-hetero) is 2. The summed E-state index contributed by atoms with van der Waals surface area (Å²) in [6.45, 7) is 18.4. The molecule has 0 aliphatic heterocycles. The Morgan fingerprint density at radius 3 is 0.776 bits per heavy atom. The monoisotopic (exact) mass is 1820 g/mol. The molecular weight excluding hydrogens is 1680 g/mol. The van der Waals surface area contributed by atoms with Gasteiger partial charge in [0.15, 0.2) is 11.6 Å². The first kappa shape index (κ1) is 97.9. The molecule has 0 saturated carbocycles. The van der Waals surface area contributed by atoms with Gasteiger partial charge in [-0.1, -0.05) is 362 Å². The van der Waals surface area contributed by atoms with Crippen LogP contribution in [0.5, 0.6) is 0 Å². The zero-order valence-electron chi connectivity index (χ0n) is 67.9. The molecule has 107 heavy (non-hydrogen) atoms. The van der Waals surface area contributed by atoms with E-state index in [4.69, 9.17) is 17.5 Å². The molecule has 6 nitrogen and oxygen atoms in total. The summed E-state index contributed by atoms with van der Waals surface area (Å²) in [7, 11) is -4.67. The lowest BCUT2D eigenvalue weighted by molar-refractivity contribution is 0.0965. The van der Waals surface area contributed by atoms with Crippen molar-refractivity contribution in [2.45, 2.75) is 402 Å². The third-order valence-electron chi connectivity index (χ3n) is 21.8. The van der Waals surface area contributed by atoms with Crippen molar-refractivity contribution in [1.82, 2.24) is 0 Å². The van der Waals surface area contributed by atoms with Crippen LogP contribution in [-0.2, 0) is 10.4 Å². The van der Waals surface area contributed by atoms with E-state index in [0.29, 0.717) is 24.7 Å². The van der Waals surface area contributed by atoms with Gasteiger partial charge in [0.25, 0.3) is 0 Å². The Labute approximate surface area is 702 Å². The van der Waals surface area contributed by atoms with Crippen molar-refractivity contribution in [2.24, 2.45) is 23.7 Å². The zero-order chi connectivity index (χ0) is 77.9. The van der Waals surface area contributed by atoms with E-state index in [2.05, 4.69) is 167 Å². The third-order valence-corrected chi connectivity index (χ3v) is 28.5. The van der Waals surface area contributed by atoms with Crippen molar-refractivity contribution >= 4 is 171 Å². The van der Waals surface area contributed by atoms with E-state index in [1.165, 1.54) is 347 Å². The van der Waals surface area contributed by atoms with Crippen LogP contribution in [0.4, 0.5) is 0 Å². The van der Waals surface area contributed by atoms with Crippen molar-refractivity contribution in [3.8, 4) is 23.7 Å². The molecule has 0 fully saturated rings. The molecule has 2 N–H and O–H groups in total. The van der Waals surface area contributed by atoms with Crippen molar-refractivity contribution in [2.75, 3.05) is 0 Å². The second kappa shape index (κ2) is 60.1. The highest BCUT2D eigenvalue weighted by Gasteiger charge is 2.28. The second-order valence-electron chi connectivity index (χ2n) is 31.1. The molecule has 0 amide bonds. The summed E-state index contributed by atoms with van der Waals surface area (Å²) in [5.74, 6) is 18.2. The Hall–Kier alpha value is -1.47. The lowest BCUT2D eigenvalue weighted by atomic mass is 9.87. The zero-order valence-corrected chi connectivity index (χ0v) is 78.3. The standard InChI is InChI=1S/C46H72Br2O2S2.C46H68Br2S2.H2O4S/c1-5-9-13-17-19-23-27-35(25-21-15-11-7-3)29-31-39(49)43-37-33-41(47)52-46(37)44(38-34-42(48)51-45(38)43)40(50)32-30-36(26-22-16-12-8-4)28-24-20-18-14-10-6-2;1-5-9-13-17-19-23-29-37(27-21-15-11-7-3)31-25-33-39-41-35-43(47)50-46(41)40(42-36-44(48)49-45(39)42)34-26-32-38(28-22-16-12-8-4)30-24-20-18-14-10-6-2;1-5(2,3)4/h33-36H,5-32H2,1-4H3;35-38H,5-24,27-32H2,1-4H3;(H2,1,2,3,4). The van der Waals surface area contributed by atoms with Crippen LogP contribution in [0.25, 0.3) is 40.3 Å². The molecule has 0 spiro atoms. The fourth-order valence-corrected chi connectivity index (χ4v) is 22.2. The number of carbonyl (C=O) groups excluding carboxylic acids is 2. The third kappa shape index (κ3) is 40.6. The highest BCUT2D eigenvalue weighted by Crippen LogP contribution is 2.47. The van der Waals surface area contributed by atoms with Gasteiger partial charge in [-0.3, -0.25) is 18.7 Å². The van der Waals surface area contributed by atoms with Crippen molar-refractivity contribution < 1.29 is 27.1 Å². The van der Waals surface area contributed by atoms with Crippen LogP contribution in [0.1, 0.15) is 434 Å². The van der Waals surface area contributed by atoms with Crippen LogP contribution in [0.3, 0.4) is 0 Å². The average Bonchev–Trinajstić information content (AvgIpc) is 1.61. The lowest BCUT2D eigenvalue weighted by Gasteiger charge is -2.18. The molecule has 6 rings (SSSR count). The fraction of sp³-hybridized carbons (Fsp3) is 0.717. The minimum atomic E-state index is -4.67. The number of ketones is 2. The van der Waals surface area contributed by atoms with E-state index in [-0.39, 0.29) is 11.6 Å². The molecule has 0 radical (unpaired) electrons. The van der Waals surface area contributed by atoms with Gasteiger partial charge in [0, 0.05) is 67.8 Å². The fourth-order valence-electron chi connectivity index (χ4n) is 15.6. The first-order chi connectivity index (χ1) is 51.9. The molecule has 0 saturated heterocycles. The molecule has 15 heteroatoms. The SMILES string of the molecule is CCCCCCCCC(CC#Cc1c2cc(Br)sc2c(C#CCC(CCCCCC)CCCCCCCC)c2cc(Br)sc12)CCCCCC.CCCCCCCCC(CCCCCC)CCC(=O)c1c2cc(Br)sc2c(C(=O)CCC(CCCCCC)CCCCCCCC)c2cc(Br)sc12.O=S(=O)(O)O. The number of rotatable bonds is 58. The Balaban J connectivity index is 0.000000425. The van der Waals surface area contributed by atoms with E-state index in [0.717, 1.165) is 76.4 Å². The maximum Gasteiger partial charge on any atom is 0.394 e. The number of hydrogen-bond donors (Lipinski definition) is 2. The molecule has 6 aromatic rings. The van der Waals surface area contributed by atoms with Gasteiger partial charge in [0.05, 0.1) is 35.7 Å². The smallest absolute Gasteiger partial charge is 0.294 e. The predicted octanol–water partition coefficient (Wildman–Crippen LogP) is 35.4. The summed E-state index contributed by atoms with van der Waals surface area (Å²) in [4.78, 5) is 28.7. The van der Waals surface area contributed by atoms with Gasteiger partial charge in [-0.05, 0) is 150 Å². The summed E-state index contributed by atoms with van der Waals surface area (Å²) < 4.78 is 40.5. The maximum absolute atomic E-state index is 14.3. The Morgan fingerprint density at radius 2 is 0.523 bits per heavy atom. The van der Waals surface area contributed by atoms with Crippen LogP contribution >= 0.6 is 109 Å². The van der Waals surface area contributed by atoms with E-state index < -0.39 is 10.4 Å². The van der Waals surface area contributed by atoms with Crippen molar-refractivity contribution in [1.29, 1.82) is 0 Å². The molecule has 2 aromatic carbocycles. The number of benzene rings is 2. The molecule has 0 aliphatic rings. The normalized spacial score (nSPS) is 12.8. The van der Waals surface area contributed by atoms with E-state index in [1.54, 1.807) is 22.7 Å². The molecule has 4 unspecified atom stereocenters. The first-order valence-electron chi connectivity index (χ1n) is 43.3. The molecule has 4 atom stereocenters. The number of thiophene rings is 4. The van der Waals surface area contributed by atoms with Gasteiger partial charge >= 0.3 is 10.4 Å². The molecule has 0 bridgehead atoms. The van der Waals surface area contributed by atoms with Gasteiger partial charge in [-0.25, -0.2) is 0 Å². The summed E-state index contributed by atoms with van der Waals surface area (Å²) in [6.07, 6.45) is 68.9. The van der Waals surface area contributed by atoms with Crippen LogP contribution in [0.15, 0.2) is 39.4 Å². The number of fused-ring (bicyclic) bond motifs is 4. The van der Waals surface area contributed by atoms with Crippen LogP contribution in [0, 0.1) is 47.4 Å². The number of hydrogen-bond acceptors (Lipinski definition) is 8. The Morgan fingerprint density at radius 1 is 0.318 bits per heavy atom. The van der Waals surface area contributed by atoms with Crippen LogP contribution in [0.2, 0.25) is 0 Å². The summed E-state index contributed by atoms with van der Waals surface area (Å²) in [5, 5.41) is 4.51. The van der Waals surface area contributed by atoms with Crippen molar-refractivity contribution in [3.05, 3.63) is 61.7 Å². The van der Waals surface area contributed by atoms with Gasteiger partial charge in [-0.2, -0.15) is 8.42 Å². The summed E-state index contributed by atoms with van der Waals surface area (Å²) >= 11 is 22.2. The quantitative estimate of drug-likeness (QED) is 0.0170. The minimum absolute atomic E-state index is 0.251. The Bertz CT molecular complexity index is 3300. The van der Waals surface area contributed by atoms with Gasteiger partial charge in [0.2, 0.25) is 0 Å². The lowest BCUT2D eigenvalue weighted by Crippen LogP contribution is -2.09. The first-order valence-corrected chi connectivity index (χ1v) is 51.1. The highest BCUT2D eigenvalue weighted by atomic mass is 79.9. The molecular formula is C92H142Br4O6S5.